The van der Waals surface area contributed by atoms with Gasteiger partial charge in [-0.2, -0.15) is 0 Å². The fraction of sp³-hybridized carbons (Fsp3) is 0.615. The molecule has 1 unspecified atom stereocenters. The van der Waals surface area contributed by atoms with Crippen LogP contribution in [0.5, 0.6) is 0 Å². The minimum atomic E-state index is 0.223. The molecule has 1 saturated carbocycles. The lowest BCUT2D eigenvalue weighted by Crippen LogP contribution is -2.30. The Hall–Kier alpha value is -1.07. The molecule has 1 aliphatic rings. The van der Waals surface area contributed by atoms with Crippen molar-refractivity contribution in [2.75, 3.05) is 6.54 Å². The summed E-state index contributed by atoms with van der Waals surface area (Å²) in [6.07, 6.45) is 4.10. The monoisotopic (exact) mass is 267 g/mol. The van der Waals surface area contributed by atoms with Crippen LogP contribution < -0.4 is 11.1 Å². The van der Waals surface area contributed by atoms with Crippen molar-refractivity contribution in [2.45, 2.75) is 38.6 Å². The zero-order valence-electron chi connectivity index (χ0n) is 10.7. The highest BCUT2D eigenvalue weighted by molar-refractivity contribution is 7.10. The van der Waals surface area contributed by atoms with Gasteiger partial charge >= 0.3 is 0 Å². The van der Waals surface area contributed by atoms with E-state index in [9.17, 15) is 0 Å². The Labute approximate surface area is 112 Å². The molecule has 0 aliphatic heterocycles. The Morgan fingerprint density at radius 3 is 2.94 bits per heavy atom. The zero-order valence-corrected chi connectivity index (χ0v) is 11.5. The largest absolute Gasteiger partial charge is 0.409 e. The third-order valence-corrected chi connectivity index (χ3v) is 4.65. The first-order valence-corrected chi connectivity index (χ1v) is 7.30. The SMILES string of the molecule is CCC(NCC1(CC(N)=NO)CC1)c1cccs1. The van der Waals surface area contributed by atoms with E-state index >= 15 is 0 Å². The summed E-state index contributed by atoms with van der Waals surface area (Å²) in [5, 5.41) is 17.5. The Morgan fingerprint density at radius 2 is 2.44 bits per heavy atom. The van der Waals surface area contributed by atoms with Gasteiger partial charge in [0.05, 0.1) is 0 Å². The first kappa shape index (κ1) is 13.4. The van der Waals surface area contributed by atoms with Crippen molar-refractivity contribution in [1.82, 2.24) is 5.32 Å². The van der Waals surface area contributed by atoms with Crippen LogP contribution in [0.4, 0.5) is 0 Å². The maximum absolute atomic E-state index is 8.64. The van der Waals surface area contributed by atoms with Gasteiger partial charge in [0.25, 0.3) is 0 Å². The predicted octanol–water partition coefficient (Wildman–Crippen LogP) is 2.71. The quantitative estimate of drug-likeness (QED) is 0.308. The van der Waals surface area contributed by atoms with Gasteiger partial charge in [0.1, 0.15) is 5.84 Å². The molecule has 1 fully saturated rings. The van der Waals surface area contributed by atoms with Gasteiger partial charge in [0.2, 0.25) is 0 Å². The van der Waals surface area contributed by atoms with Gasteiger partial charge in [-0.1, -0.05) is 18.1 Å². The number of thiophene rings is 1. The smallest absolute Gasteiger partial charge is 0.139 e. The standard InChI is InChI=1S/C13H21N3OS/c1-2-10(11-4-3-7-18-11)15-9-13(5-6-13)8-12(14)16-17/h3-4,7,10,15,17H,2,5-6,8-9H2,1H3,(H2,14,16). The van der Waals surface area contributed by atoms with Gasteiger partial charge in [-0.3, -0.25) is 0 Å². The third-order valence-electron chi connectivity index (χ3n) is 3.66. The molecule has 0 radical (unpaired) electrons. The van der Waals surface area contributed by atoms with Crippen LogP contribution in [0, 0.1) is 5.41 Å². The van der Waals surface area contributed by atoms with Gasteiger partial charge in [-0.05, 0) is 36.1 Å². The van der Waals surface area contributed by atoms with E-state index in [1.54, 1.807) is 11.3 Å². The van der Waals surface area contributed by atoms with Crippen molar-refractivity contribution in [2.24, 2.45) is 16.3 Å². The maximum Gasteiger partial charge on any atom is 0.139 e. The van der Waals surface area contributed by atoms with E-state index in [2.05, 4.69) is 34.9 Å². The molecule has 100 valence electrons. The highest BCUT2D eigenvalue weighted by atomic mass is 32.1. The lowest BCUT2D eigenvalue weighted by atomic mass is 10.0. The average Bonchev–Trinajstić information content (AvgIpc) is 2.92. The minimum absolute atomic E-state index is 0.223. The molecule has 18 heavy (non-hydrogen) atoms. The van der Waals surface area contributed by atoms with Crippen molar-refractivity contribution in [3.63, 3.8) is 0 Å². The Kier molecular flexibility index (Phi) is 4.24. The summed E-state index contributed by atoms with van der Waals surface area (Å²) in [6, 6.07) is 4.69. The zero-order chi connectivity index (χ0) is 13.0. The number of nitrogens with zero attached hydrogens (tertiary/aromatic N) is 1. The van der Waals surface area contributed by atoms with E-state index in [0.29, 0.717) is 18.3 Å². The second kappa shape index (κ2) is 5.71. The lowest BCUT2D eigenvalue weighted by Gasteiger charge is -2.20. The molecule has 1 aliphatic carbocycles. The topological polar surface area (TPSA) is 70.6 Å². The molecule has 5 heteroatoms. The Morgan fingerprint density at radius 1 is 1.67 bits per heavy atom. The summed E-state index contributed by atoms with van der Waals surface area (Å²) in [7, 11) is 0. The third kappa shape index (κ3) is 3.23. The van der Waals surface area contributed by atoms with E-state index in [0.717, 1.165) is 25.8 Å². The molecule has 0 bridgehead atoms. The number of rotatable bonds is 7. The molecular formula is C13H21N3OS. The Balaban J connectivity index is 1.87. The number of hydrogen-bond acceptors (Lipinski definition) is 4. The van der Waals surface area contributed by atoms with Crippen LogP contribution in [0.3, 0.4) is 0 Å². The number of oxime groups is 1. The van der Waals surface area contributed by atoms with Crippen LogP contribution in [-0.4, -0.2) is 17.6 Å². The predicted molar refractivity (Wildman–Crippen MR) is 75.0 cm³/mol. The number of hydrogen-bond donors (Lipinski definition) is 3. The van der Waals surface area contributed by atoms with Crippen molar-refractivity contribution in [3.8, 4) is 0 Å². The van der Waals surface area contributed by atoms with Crippen molar-refractivity contribution in [1.29, 1.82) is 0 Å². The average molecular weight is 267 g/mol. The van der Waals surface area contributed by atoms with Crippen LogP contribution in [0.1, 0.15) is 43.5 Å². The molecule has 1 aromatic rings. The van der Waals surface area contributed by atoms with Crippen LogP contribution >= 0.6 is 11.3 Å². The number of amidine groups is 1. The minimum Gasteiger partial charge on any atom is -0.409 e. The van der Waals surface area contributed by atoms with E-state index in [1.165, 1.54) is 4.88 Å². The Bertz CT molecular complexity index is 398. The van der Waals surface area contributed by atoms with Gasteiger partial charge in [0, 0.05) is 23.9 Å². The first-order valence-electron chi connectivity index (χ1n) is 6.42. The van der Waals surface area contributed by atoms with Gasteiger partial charge in [-0.15, -0.1) is 11.3 Å². The molecule has 4 nitrogen and oxygen atoms in total. The van der Waals surface area contributed by atoms with E-state index in [-0.39, 0.29) is 5.41 Å². The number of nitrogens with two attached hydrogens (primary N) is 1. The number of nitrogens with one attached hydrogen (secondary N) is 1. The normalized spacial score (nSPS) is 19.7. The molecule has 0 spiro atoms. The molecule has 0 aromatic carbocycles. The maximum atomic E-state index is 8.64. The van der Waals surface area contributed by atoms with Crippen LogP contribution in [0.25, 0.3) is 0 Å². The first-order chi connectivity index (χ1) is 8.69. The summed E-state index contributed by atoms with van der Waals surface area (Å²) in [5.74, 6) is 0.346. The second-order valence-electron chi connectivity index (χ2n) is 5.13. The summed E-state index contributed by atoms with van der Waals surface area (Å²) >= 11 is 1.79. The van der Waals surface area contributed by atoms with Crippen molar-refractivity contribution < 1.29 is 5.21 Å². The van der Waals surface area contributed by atoms with Crippen molar-refractivity contribution >= 4 is 17.2 Å². The molecular weight excluding hydrogens is 246 g/mol. The molecule has 2 rings (SSSR count). The molecule has 1 aromatic heterocycles. The van der Waals surface area contributed by atoms with Gasteiger partial charge in [-0.25, -0.2) is 0 Å². The lowest BCUT2D eigenvalue weighted by molar-refractivity contribution is 0.313. The van der Waals surface area contributed by atoms with Crippen LogP contribution in [0.15, 0.2) is 22.7 Å². The van der Waals surface area contributed by atoms with E-state index in [4.69, 9.17) is 10.9 Å². The summed E-state index contributed by atoms with van der Waals surface area (Å²) in [5.41, 5.74) is 5.83. The van der Waals surface area contributed by atoms with Gasteiger partial charge in [0.15, 0.2) is 0 Å². The van der Waals surface area contributed by atoms with E-state index < -0.39 is 0 Å². The van der Waals surface area contributed by atoms with E-state index in [1.807, 2.05) is 0 Å². The van der Waals surface area contributed by atoms with Crippen LogP contribution in [-0.2, 0) is 0 Å². The molecule has 0 amide bonds. The van der Waals surface area contributed by atoms with Crippen LogP contribution in [0.2, 0.25) is 0 Å². The summed E-state index contributed by atoms with van der Waals surface area (Å²) in [6.45, 7) is 3.14. The summed E-state index contributed by atoms with van der Waals surface area (Å²) < 4.78 is 0. The fourth-order valence-electron chi connectivity index (χ4n) is 2.29. The fourth-order valence-corrected chi connectivity index (χ4v) is 3.17. The summed E-state index contributed by atoms with van der Waals surface area (Å²) in [4.78, 5) is 1.39. The highest BCUT2D eigenvalue weighted by Gasteiger charge is 2.43. The molecule has 1 heterocycles. The van der Waals surface area contributed by atoms with Crippen molar-refractivity contribution in [3.05, 3.63) is 22.4 Å². The second-order valence-corrected chi connectivity index (χ2v) is 6.10. The highest BCUT2D eigenvalue weighted by Crippen LogP contribution is 2.48. The molecule has 4 N–H and O–H groups in total. The van der Waals surface area contributed by atoms with Gasteiger partial charge < -0.3 is 16.3 Å². The molecule has 0 saturated heterocycles. The molecule has 1 atom stereocenters.